The van der Waals surface area contributed by atoms with Crippen LogP contribution >= 0.6 is 0 Å². The minimum absolute atomic E-state index is 0.0284. The second kappa shape index (κ2) is 8.49. The van der Waals surface area contributed by atoms with E-state index in [1.807, 2.05) is 60.7 Å². The van der Waals surface area contributed by atoms with Crippen LogP contribution in [0.15, 0.2) is 78.9 Å². The van der Waals surface area contributed by atoms with Crippen LogP contribution in [0.3, 0.4) is 0 Å². The molecule has 3 atom stereocenters. The predicted molar refractivity (Wildman–Crippen MR) is 135 cm³/mol. The van der Waals surface area contributed by atoms with Crippen LogP contribution in [0.25, 0.3) is 22.2 Å². The molecule has 1 aromatic heterocycles. The summed E-state index contributed by atoms with van der Waals surface area (Å²) in [5, 5.41) is 7.22. The van der Waals surface area contributed by atoms with Crippen molar-refractivity contribution in [2.45, 2.75) is 31.7 Å². The van der Waals surface area contributed by atoms with E-state index < -0.39 is 0 Å². The Balaban J connectivity index is 1.16. The first kappa shape index (κ1) is 20.7. The lowest BCUT2D eigenvalue weighted by Crippen LogP contribution is -2.38. The first-order valence-electron chi connectivity index (χ1n) is 12.0. The van der Waals surface area contributed by atoms with Crippen LogP contribution in [0.1, 0.15) is 46.4 Å². The normalized spacial score (nSPS) is 21.0. The Morgan fingerprint density at radius 1 is 0.794 bits per heavy atom. The molecule has 5 heteroatoms. The first-order valence-corrected chi connectivity index (χ1v) is 12.0. The Hall–Kier alpha value is -3.86. The van der Waals surface area contributed by atoms with E-state index in [4.69, 9.17) is 0 Å². The number of amides is 2. The van der Waals surface area contributed by atoms with Gasteiger partial charge in [0.25, 0.3) is 11.8 Å². The van der Waals surface area contributed by atoms with E-state index in [2.05, 4.69) is 21.7 Å². The standard InChI is InChI=1S/C29H27N3O2/c33-28(20-4-2-1-3-5-20)30-24-11-8-19(9-12-24)27-17-23-16-22(10-13-25(23)31-27)29(34)32-26-15-18-6-7-21(26)14-18/h1-5,8-13,16-18,21,26,31H,6-7,14-15H2,(H,30,33)(H,32,34). The van der Waals surface area contributed by atoms with Gasteiger partial charge in [0.05, 0.1) is 0 Å². The molecular weight excluding hydrogens is 422 g/mol. The number of carbonyl (C=O) groups is 2. The summed E-state index contributed by atoms with van der Waals surface area (Å²) in [6.45, 7) is 0. The molecule has 0 spiro atoms. The van der Waals surface area contributed by atoms with Crippen molar-refractivity contribution in [2.75, 3.05) is 5.32 Å². The van der Waals surface area contributed by atoms with Crippen LogP contribution in [0, 0.1) is 11.8 Å². The summed E-state index contributed by atoms with van der Waals surface area (Å²) in [5.41, 5.74) is 5.06. The van der Waals surface area contributed by atoms with Crippen LogP contribution in [0.5, 0.6) is 0 Å². The van der Waals surface area contributed by atoms with E-state index in [1.165, 1.54) is 19.3 Å². The van der Waals surface area contributed by atoms with Crippen molar-refractivity contribution in [1.82, 2.24) is 10.3 Å². The molecule has 34 heavy (non-hydrogen) atoms. The first-order chi connectivity index (χ1) is 16.6. The van der Waals surface area contributed by atoms with E-state index in [0.717, 1.165) is 40.2 Å². The molecule has 2 bridgehead atoms. The number of anilines is 1. The quantitative estimate of drug-likeness (QED) is 0.349. The van der Waals surface area contributed by atoms with E-state index in [0.29, 0.717) is 23.1 Å². The molecule has 4 aromatic rings. The highest BCUT2D eigenvalue weighted by atomic mass is 16.2. The maximum Gasteiger partial charge on any atom is 0.255 e. The highest BCUT2D eigenvalue weighted by molar-refractivity contribution is 6.04. The van der Waals surface area contributed by atoms with Crippen molar-refractivity contribution in [3.63, 3.8) is 0 Å². The van der Waals surface area contributed by atoms with Crippen molar-refractivity contribution in [1.29, 1.82) is 0 Å². The number of benzene rings is 3. The van der Waals surface area contributed by atoms with Gasteiger partial charge in [0.1, 0.15) is 0 Å². The second-order valence-electron chi connectivity index (χ2n) is 9.64. The van der Waals surface area contributed by atoms with Crippen LogP contribution in [0.2, 0.25) is 0 Å². The molecule has 170 valence electrons. The van der Waals surface area contributed by atoms with Gasteiger partial charge in [-0.15, -0.1) is 0 Å². The van der Waals surface area contributed by atoms with E-state index in [-0.39, 0.29) is 11.8 Å². The molecule has 6 rings (SSSR count). The smallest absolute Gasteiger partial charge is 0.255 e. The van der Waals surface area contributed by atoms with Gasteiger partial charge in [-0.3, -0.25) is 9.59 Å². The van der Waals surface area contributed by atoms with Gasteiger partial charge in [-0.05, 0) is 85.2 Å². The summed E-state index contributed by atoms with van der Waals surface area (Å²) in [6, 6.07) is 25.2. The molecule has 2 aliphatic rings. The molecule has 0 aliphatic heterocycles. The fourth-order valence-electron chi connectivity index (χ4n) is 5.63. The highest BCUT2D eigenvalue weighted by Crippen LogP contribution is 2.44. The summed E-state index contributed by atoms with van der Waals surface area (Å²) >= 11 is 0. The number of nitrogens with one attached hydrogen (secondary N) is 3. The summed E-state index contributed by atoms with van der Waals surface area (Å²) in [5.74, 6) is 1.37. The van der Waals surface area contributed by atoms with Crippen LogP contribution in [-0.4, -0.2) is 22.8 Å². The molecule has 5 nitrogen and oxygen atoms in total. The number of aromatic amines is 1. The summed E-state index contributed by atoms with van der Waals surface area (Å²) in [7, 11) is 0. The van der Waals surface area contributed by atoms with Gasteiger partial charge >= 0.3 is 0 Å². The van der Waals surface area contributed by atoms with Gasteiger partial charge in [0.15, 0.2) is 0 Å². The number of fused-ring (bicyclic) bond motifs is 3. The molecule has 0 radical (unpaired) electrons. The molecule has 3 N–H and O–H groups in total. The summed E-state index contributed by atoms with van der Waals surface area (Å²) in [4.78, 5) is 28.7. The molecular formula is C29H27N3O2. The largest absolute Gasteiger partial charge is 0.355 e. The number of carbonyl (C=O) groups excluding carboxylic acids is 2. The summed E-state index contributed by atoms with van der Waals surface area (Å²) < 4.78 is 0. The Morgan fingerprint density at radius 3 is 2.35 bits per heavy atom. The van der Waals surface area contributed by atoms with Crippen molar-refractivity contribution in [2.24, 2.45) is 11.8 Å². The summed E-state index contributed by atoms with van der Waals surface area (Å²) in [6.07, 6.45) is 4.99. The zero-order valence-corrected chi connectivity index (χ0v) is 18.9. The van der Waals surface area contributed by atoms with E-state index in [9.17, 15) is 9.59 Å². The van der Waals surface area contributed by atoms with Gasteiger partial charge in [-0.25, -0.2) is 0 Å². The third-order valence-corrected chi connectivity index (χ3v) is 7.43. The molecule has 1 heterocycles. The maximum absolute atomic E-state index is 12.9. The molecule has 2 fully saturated rings. The number of aromatic nitrogens is 1. The highest BCUT2D eigenvalue weighted by Gasteiger charge is 2.40. The van der Waals surface area contributed by atoms with Crippen LogP contribution < -0.4 is 10.6 Å². The minimum Gasteiger partial charge on any atom is -0.355 e. The molecule has 2 aliphatic carbocycles. The zero-order valence-electron chi connectivity index (χ0n) is 18.9. The van der Waals surface area contributed by atoms with Gasteiger partial charge < -0.3 is 15.6 Å². The van der Waals surface area contributed by atoms with Gasteiger partial charge in [0, 0.05) is 39.5 Å². The third kappa shape index (κ3) is 3.98. The number of rotatable bonds is 5. The fourth-order valence-corrected chi connectivity index (χ4v) is 5.63. The van der Waals surface area contributed by atoms with Crippen molar-refractivity contribution >= 4 is 28.4 Å². The molecule has 3 unspecified atom stereocenters. The monoisotopic (exact) mass is 449 g/mol. The zero-order chi connectivity index (χ0) is 23.1. The third-order valence-electron chi connectivity index (χ3n) is 7.43. The lowest BCUT2D eigenvalue weighted by Gasteiger charge is -2.22. The van der Waals surface area contributed by atoms with Crippen LogP contribution in [-0.2, 0) is 0 Å². The minimum atomic E-state index is -0.129. The number of hydrogen-bond acceptors (Lipinski definition) is 2. The Bertz CT molecular complexity index is 1360. The van der Waals surface area contributed by atoms with Crippen molar-refractivity contribution < 1.29 is 9.59 Å². The molecule has 2 amide bonds. The lowest BCUT2D eigenvalue weighted by molar-refractivity contribution is 0.0922. The average Bonchev–Trinajstić information content (AvgIpc) is 3.60. The van der Waals surface area contributed by atoms with Crippen molar-refractivity contribution in [3.05, 3.63) is 90.0 Å². The Morgan fingerprint density at radius 2 is 1.62 bits per heavy atom. The van der Waals surface area contributed by atoms with E-state index in [1.54, 1.807) is 12.1 Å². The number of H-pyrrole nitrogens is 1. The Kier molecular flexibility index (Phi) is 5.17. The predicted octanol–water partition coefficient (Wildman–Crippen LogP) is 6.01. The second-order valence-corrected chi connectivity index (χ2v) is 9.64. The topological polar surface area (TPSA) is 74.0 Å². The average molecular weight is 450 g/mol. The number of hydrogen-bond donors (Lipinski definition) is 3. The lowest BCUT2D eigenvalue weighted by atomic mass is 9.95. The SMILES string of the molecule is O=C(Nc1ccc(-c2cc3cc(C(=O)NC4CC5CCC4C5)ccc3[nH]2)cc1)c1ccccc1. The fraction of sp³-hybridized carbons (Fsp3) is 0.241. The van der Waals surface area contributed by atoms with Gasteiger partial charge in [-0.2, -0.15) is 0 Å². The Labute approximate surface area is 198 Å². The van der Waals surface area contributed by atoms with Crippen molar-refractivity contribution in [3.8, 4) is 11.3 Å². The molecule has 0 saturated heterocycles. The van der Waals surface area contributed by atoms with Gasteiger partial charge in [-0.1, -0.05) is 36.8 Å². The molecule has 3 aromatic carbocycles. The van der Waals surface area contributed by atoms with Gasteiger partial charge in [0.2, 0.25) is 0 Å². The van der Waals surface area contributed by atoms with Crippen LogP contribution in [0.4, 0.5) is 5.69 Å². The maximum atomic E-state index is 12.9. The van der Waals surface area contributed by atoms with E-state index >= 15 is 0 Å². The molecule has 2 saturated carbocycles.